The average Bonchev–Trinajstić information content (AvgIpc) is 3.10. The highest BCUT2D eigenvalue weighted by Gasteiger charge is 2.79. The van der Waals surface area contributed by atoms with E-state index in [-0.39, 0.29) is 30.8 Å². The Balaban J connectivity index is 1.55. The van der Waals surface area contributed by atoms with Crippen LogP contribution in [0.2, 0.25) is 0 Å². The minimum absolute atomic E-state index is 0.0167. The van der Waals surface area contributed by atoms with Gasteiger partial charge < -0.3 is 19.3 Å². The standard InChI is InChI=1S/C30H39F3O7/c1-16-7-5-6-8-23(16)39-26(37)40-30(25(36)38-15-31)17(2)11-19-20-13-22(32)21-12-18(34)9-10-27(21,3)29(20,33)24(35)14-28(19,30)4/h9-10,12,16-17,19-20,22-24,35H,5-8,11,13-15H2,1-4H3/t16-,17+,19-,20-,22-,23+,24-,27-,28-,29?,30+/m0/s1. The quantitative estimate of drug-likeness (QED) is 0.448. The van der Waals surface area contributed by atoms with Crippen LogP contribution < -0.4 is 0 Å². The second kappa shape index (κ2) is 9.88. The molecule has 1 unspecified atom stereocenters. The zero-order valence-corrected chi connectivity index (χ0v) is 23.5. The van der Waals surface area contributed by atoms with Crippen LogP contribution in [0, 0.1) is 34.5 Å². The second-order valence-electron chi connectivity index (χ2n) is 13.0. The van der Waals surface area contributed by atoms with Gasteiger partial charge in [0.25, 0.3) is 0 Å². The van der Waals surface area contributed by atoms with E-state index >= 15 is 8.78 Å². The molecule has 0 aromatic rings. The normalized spacial score (nSPS) is 47.9. The van der Waals surface area contributed by atoms with Gasteiger partial charge in [-0.3, -0.25) is 4.79 Å². The van der Waals surface area contributed by atoms with E-state index in [2.05, 4.69) is 0 Å². The molecule has 0 saturated heterocycles. The number of allylic oxidation sites excluding steroid dienone is 4. The molecule has 0 spiro atoms. The summed E-state index contributed by atoms with van der Waals surface area (Å²) < 4.78 is 62.9. The van der Waals surface area contributed by atoms with Gasteiger partial charge in [0.15, 0.2) is 11.5 Å². The molecule has 11 atom stereocenters. The smallest absolute Gasteiger partial charge is 0.431 e. The summed E-state index contributed by atoms with van der Waals surface area (Å²) in [5, 5.41) is 11.6. The summed E-state index contributed by atoms with van der Waals surface area (Å²) >= 11 is 0. The highest BCUT2D eigenvalue weighted by Crippen LogP contribution is 2.71. The SMILES string of the molecule is C[C@@H]1C[C@H]2[C@@H]3C[C@H](F)C4=CC(=O)C=C[C@]4(C)C3(F)[C@@H](O)C[C@]2(C)[C@]1(OC(=O)O[C@@H]1CCCC[C@@H]1C)C(=O)OCF. The van der Waals surface area contributed by atoms with Gasteiger partial charge in [-0.1, -0.05) is 33.3 Å². The molecule has 0 aromatic carbocycles. The summed E-state index contributed by atoms with van der Waals surface area (Å²) in [6.07, 6.45) is 1.58. The van der Waals surface area contributed by atoms with Gasteiger partial charge in [0.05, 0.1) is 6.10 Å². The van der Waals surface area contributed by atoms with E-state index in [1.165, 1.54) is 19.1 Å². The first kappa shape index (κ1) is 29.1. The summed E-state index contributed by atoms with van der Waals surface area (Å²) in [5.74, 6) is -4.12. The Kier molecular flexibility index (Phi) is 7.20. The number of hydrogen-bond acceptors (Lipinski definition) is 7. The lowest BCUT2D eigenvalue weighted by Crippen LogP contribution is -2.71. The molecule has 7 nitrogen and oxygen atoms in total. The fourth-order valence-corrected chi connectivity index (χ4v) is 9.11. The van der Waals surface area contributed by atoms with Gasteiger partial charge in [-0.05, 0) is 75.0 Å². The van der Waals surface area contributed by atoms with Crippen LogP contribution in [0.1, 0.15) is 72.6 Å². The Hall–Kier alpha value is -2.36. The Morgan fingerprint density at radius 1 is 1.12 bits per heavy atom. The minimum Gasteiger partial charge on any atom is -0.431 e. The molecule has 1 N–H and O–H groups in total. The van der Waals surface area contributed by atoms with Crippen molar-refractivity contribution in [3.05, 3.63) is 23.8 Å². The second-order valence-corrected chi connectivity index (χ2v) is 13.0. The van der Waals surface area contributed by atoms with Crippen LogP contribution in [0.25, 0.3) is 0 Å². The van der Waals surface area contributed by atoms with Gasteiger partial charge in [-0.2, -0.15) is 0 Å². The fraction of sp³-hybridized carbons (Fsp3) is 0.767. The first-order chi connectivity index (χ1) is 18.8. The van der Waals surface area contributed by atoms with Crippen LogP contribution in [0.15, 0.2) is 23.8 Å². The monoisotopic (exact) mass is 568 g/mol. The van der Waals surface area contributed by atoms with Crippen molar-refractivity contribution in [2.75, 3.05) is 6.86 Å². The number of aliphatic hydroxyl groups excluding tert-OH is 1. The number of esters is 1. The molecule has 10 heteroatoms. The van der Waals surface area contributed by atoms with Gasteiger partial charge in [0, 0.05) is 22.7 Å². The van der Waals surface area contributed by atoms with E-state index in [1.54, 1.807) is 13.8 Å². The van der Waals surface area contributed by atoms with Crippen molar-refractivity contribution in [1.82, 2.24) is 0 Å². The van der Waals surface area contributed by atoms with E-state index in [4.69, 9.17) is 14.2 Å². The Bertz CT molecular complexity index is 1140. The van der Waals surface area contributed by atoms with Crippen LogP contribution in [0.4, 0.5) is 18.0 Å². The van der Waals surface area contributed by atoms with E-state index in [9.17, 15) is 23.9 Å². The molecule has 222 valence electrons. The van der Waals surface area contributed by atoms with Crippen LogP contribution in [0.5, 0.6) is 0 Å². The summed E-state index contributed by atoms with van der Waals surface area (Å²) in [6.45, 7) is 5.21. The topological polar surface area (TPSA) is 99.1 Å². The molecule has 0 bridgehead atoms. The number of carbonyl (C=O) groups is 3. The number of halogens is 3. The summed E-state index contributed by atoms with van der Waals surface area (Å²) in [4.78, 5) is 38.9. The Morgan fingerprint density at radius 3 is 2.50 bits per heavy atom. The number of rotatable bonds is 4. The Labute approximate surface area is 232 Å². The highest BCUT2D eigenvalue weighted by atomic mass is 19.1. The maximum Gasteiger partial charge on any atom is 0.509 e. The lowest BCUT2D eigenvalue weighted by molar-refractivity contribution is -0.236. The van der Waals surface area contributed by atoms with Crippen molar-refractivity contribution < 1.29 is 46.9 Å². The molecule has 0 aromatic heterocycles. The lowest BCUT2D eigenvalue weighted by Gasteiger charge is -2.62. The zero-order chi connectivity index (χ0) is 29.3. The molecule has 0 aliphatic heterocycles. The average molecular weight is 569 g/mol. The van der Waals surface area contributed by atoms with E-state index in [1.807, 2.05) is 6.92 Å². The van der Waals surface area contributed by atoms with Gasteiger partial charge >= 0.3 is 12.1 Å². The predicted octanol–water partition coefficient (Wildman–Crippen LogP) is 5.49. The maximum atomic E-state index is 17.5. The summed E-state index contributed by atoms with van der Waals surface area (Å²) in [7, 11) is 0. The molecule has 5 rings (SSSR count). The molecule has 0 amide bonds. The first-order valence-electron chi connectivity index (χ1n) is 14.3. The fourth-order valence-electron chi connectivity index (χ4n) is 9.11. The molecule has 4 fully saturated rings. The number of alkyl halides is 3. The summed E-state index contributed by atoms with van der Waals surface area (Å²) in [6, 6.07) is 0. The van der Waals surface area contributed by atoms with Gasteiger partial charge in [-0.15, -0.1) is 0 Å². The maximum absolute atomic E-state index is 17.5. The van der Waals surface area contributed by atoms with Gasteiger partial charge in [0.2, 0.25) is 12.5 Å². The van der Waals surface area contributed by atoms with E-state index in [0.717, 1.165) is 25.3 Å². The van der Waals surface area contributed by atoms with Crippen LogP contribution in [0.3, 0.4) is 0 Å². The van der Waals surface area contributed by atoms with Gasteiger partial charge in [0.1, 0.15) is 12.3 Å². The summed E-state index contributed by atoms with van der Waals surface area (Å²) in [5.41, 5.74) is -7.52. The third-order valence-electron chi connectivity index (χ3n) is 11.2. The van der Waals surface area contributed by atoms with Crippen molar-refractivity contribution in [2.45, 2.75) is 102 Å². The van der Waals surface area contributed by atoms with Gasteiger partial charge in [-0.25, -0.2) is 22.8 Å². The third kappa shape index (κ3) is 3.83. The molecular formula is C30H39F3O7. The molecule has 0 heterocycles. The number of ether oxygens (including phenoxy) is 3. The zero-order valence-electron chi connectivity index (χ0n) is 23.5. The third-order valence-corrected chi connectivity index (χ3v) is 11.2. The number of carbonyl (C=O) groups excluding carboxylic acids is 3. The minimum atomic E-state index is -2.37. The van der Waals surface area contributed by atoms with Crippen LogP contribution in [-0.2, 0) is 23.8 Å². The van der Waals surface area contributed by atoms with Crippen molar-refractivity contribution in [2.24, 2.45) is 34.5 Å². The van der Waals surface area contributed by atoms with Crippen molar-refractivity contribution in [3.8, 4) is 0 Å². The largest absolute Gasteiger partial charge is 0.509 e. The first-order valence-corrected chi connectivity index (χ1v) is 14.3. The molecule has 0 radical (unpaired) electrons. The number of ketones is 1. The molecule has 5 aliphatic carbocycles. The van der Waals surface area contributed by atoms with Crippen molar-refractivity contribution in [3.63, 3.8) is 0 Å². The Morgan fingerprint density at radius 2 is 1.82 bits per heavy atom. The number of hydrogen-bond donors (Lipinski definition) is 1. The van der Waals surface area contributed by atoms with E-state index < -0.39 is 83.0 Å². The molecule has 40 heavy (non-hydrogen) atoms. The van der Waals surface area contributed by atoms with Crippen LogP contribution >= 0.6 is 0 Å². The predicted molar refractivity (Wildman–Crippen MR) is 137 cm³/mol. The molecular weight excluding hydrogens is 529 g/mol. The van der Waals surface area contributed by atoms with Crippen molar-refractivity contribution in [1.29, 1.82) is 0 Å². The van der Waals surface area contributed by atoms with Crippen molar-refractivity contribution >= 4 is 17.9 Å². The number of aliphatic hydroxyl groups is 1. The lowest BCUT2D eigenvalue weighted by atomic mass is 9.44. The highest BCUT2D eigenvalue weighted by molar-refractivity contribution is 6.01. The molecule has 5 aliphatic rings. The van der Waals surface area contributed by atoms with Crippen LogP contribution in [-0.4, -0.2) is 59.5 Å². The number of fused-ring (bicyclic) bond motifs is 5. The molecule has 4 saturated carbocycles. The van der Waals surface area contributed by atoms with E-state index in [0.29, 0.717) is 6.42 Å².